The van der Waals surface area contributed by atoms with E-state index in [1.807, 2.05) is 17.9 Å². The summed E-state index contributed by atoms with van der Waals surface area (Å²) in [4.78, 5) is 0. The molecule has 4 heteroatoms. The number of likely N-dealkylation sites (N-methyl/N-ethyl adjacent to an activating group) is 1. The van der Waals surface area contributed by atoms with Gasteiger partial charge in [0.2, 0.25) is 0 Å². The van der Waals surface area contributed by atoms with E-state index in [2.05, 4.69) is 30.5 Å². The first kappa shape index (κ1) is 11.6. The minimum atomic E-state index is 0.262. The van der Waals surface area contributed by atoms with Gasteiger partial charge < -0.3 is 10.1 Å². The van der Waals surface area contributed by atoms with Crippen molar-refractivity contribution >= 4 is 0 Å². The van der Waals surface area contributed by atoms with Crippen molar-refractivity contribution in [2.75, 3.05) is 13.7 Å². The number of aromatic nitrogens is 2. The standard InChI is InChI=1S/C12H21N3O/c1-4-15-8-10(7-14-15)11(13-3)12-9(2)5-6-16-12/h7-9,11-13H,4-6H2,1-3H3. The van der Waals surface area contributed by atoms with Crippen LogP contribution in [0.3, 0.4) is 0 Å². The highest BCUT2D eigenvalue weighted by Gasteiger charge is 2.32. The van der Waals surface area contributed by atoms with E-state index < -0.39 is 0 Å². The van der Waals surface area contributed by atoms with E-state index in [-0.39, 0.29) is 12.1 Å². The summed E-state index contributed by atoms with van der Waals surface area (Å²) < 4.78 is 7.77. The Morgan fingerprint density at radius 3 is 3.00 bits per heavy atom. The lowest BCUT2D eigenvalue weighted by atomic mass is 9.94. The van der Waals surface area contributed by atoms with Gasteiger partial charge >= 0.3 is 0 Å². The molecule has 3 atom stereocenters. The van der Waals surface area contributed by atoms with Gasteiger partial charge in [-0.15, -0.1) is 0 Å². The van der Waals surface area contributed by atoms with Gasteiger partial charge in [-0.05, 0) is 26.3 Å². The number of ether oxygens (including phenoxy) is 1. The highest BCUT2D eigenvalue weighted by atomic mass is 16.5. The molecule has 3 unspecified atom stereocenters. The minimum absolute atomic E-state index is 0.262. The molecule has 1 N–H and O–H groups in total. The highest BCUT2D eigenvalue weighted by molar-refractivity contribution is 5.13. The zero-order valence-electron chi connectivity index (χ0n) is 10.3. The lowest BCUT2D eigenvalue weighted by Crippen LogP contribution is -2.32. The number of hydrogen-bond acceptors (Lipinski definition) is 3. The van der Waals surface area contributed by atoms with Crippen LogP contribution >= 0.6 is 0 Å². The Bertz CT molecular complexity index is 337. The van der Waals surface area contributed by atoms with Crippen LogP contribution in [0.4, 0.5) is 0 Å². The summed E-state index contributed by atoms with van der Waals surface area (Å²) in [6.45, 7) is 6.15. The maximum absolute atomic E-state index is 5.82. The zero-order valence-corrected chi connectivity index (χ0v) is 10.3. The summed E-state index contributed by atoms with van der Waals surface area (Å²) in [5.41, 5.74) is 1.23. The Morgan fingerprint density at radius 2 is 2.50 bits per heavy atom. The molecule has 4 nitrogen and oxygen atoms in total. The van der Waals surface area contributed by atoms with Crippen LogP contribution in [0.2, 0.25) is 0 Å². The van der Waals surface area contributed by atoms with Crippen molar-refractivity contribution in [2.45, 2.75) is 39.0 Å². The van der Waals surface area contributed by atoms with Gasteiger partial charge in [-0.2, -0.15) is 5.10 Å². The summed E-state index contributed by atoms with van der Waals surface area (Å²) in [5.74, 6) is 0.613. The van der Waals surface area contributed by atoms with E-state index in [0.29, 0.717) is 5.92 Å². The van der Waals surface area contributed by atoms with Gasteiger partial charge in [0.05, 0.1) is 18.3 Å². The lowest BCUT2D eigenvalue weighted by molar-refractivity contribution is 0.0631. The maximum Gasteiger partial charge on any atom is 0.0797 e. The summed E-state index contributed by atoms with van der Waals surface area (Å²) in [6.07, 6.45) is 5.49. The third kappa shape index (κ3) is 2.13. The largest absolute Gasteiger partial charge is 0.376 e. The number of rotatable bonds is 4. The normalized spacial score (nSPS) is 27.2. The molecule has 0 aromatic carbocycles. The number of aryl methyl sites for hydroxylation is 1. The molecule has 0 saturated carbocycles. The van der Waals surface area contributed by atoms with Crippen LogP contribution in [0, 0.1) is 5.92 Å². The molecule has 1 aromatic heterocycles. The topological polar surface area (TPSA) is 39.1 Å². The molecular formula is C12H21N3O. The average Bonchev–Trinajstić information content (AvgIpc) is 2.90. The molecule has 90 valence electrons. The number of nitrogens with one attached hydrogen (secondary N) is 1. The Morgan fingerprint density at radius 1 is 1.69 bits per heavy atom. The Hall–Kier alpha value is -0.870. The molecule has 0 aliphatic carbocycles. The van der Waals surface area contributed by atoms with Crippen LogP contribution in [0.5, 0.6) is 0 Å². The van der Waals surface area contributed by atoms with Crippen LogP contribution in [0.1, 0.15) is 31.9 Å². The lowest BCUT2D eigenvalue weighted by Gasteiger charge is -2.24. The summed E-state index contributed by atoms with van der Waals surface area (Å²) in [6, 6.07) is 0.262. The van der Waals surface area contributed by atoms with Gasteiger partial charge in [-0.25, -0.2) is 0 Å². The van der Waals surface area contributed by atoms with Gasteiger partial charge in [0.25, 0.3) is 0 Å². The van der Waals surface area contributed by atoms with E-state index in [4.69, 9.17) is 4.74 Å². The van der Waals surface area contributed by atoms with Crippen molar-refractivity contribution in [3.63, 3.8) is 0 Å². The molecule has 1 aliphatic rings. The molecule has 16 heavy (non-hydrogen) atoms. The van der Waals surface area contributed by atoms with Gasteiger partial charge in [-0.3, -0.25) is 4.68 Å². The summed E-state index contributed by atoms with van der Waals surface area (Å²) in [7, 11) is 1.99. The van der Waals surface area contributed by atoms with Crippen molar-refractivity contribution in [1.82, 2.24) is 15.1 Å². The van der Waals surface area contributed by atoms with E-state index in [1.54, 1.807) is 0 Å². The maximum atomic E-state index is 5.82. The van der Waals surface area contributed by atoms with Crippen molar-refractivity contribution < 1.29 is 4.74 Å². The second-order valence-corrected chi connectivity index (χ2v) is 4.50. The summed E-state index contributed by atoms with van der Waals surface area (Å²) in [5, 5.41) is 7.67. The Kier molecular flexibility index (Phi) is 3.61. The monoisotopic (exact) mass is 223 g/mol. The van der Waals surface area contributed by atoms with Crippen LogP contribution < -0.4 is 5.32 Å². The number of hydrogen-bond donors (Lipinski definition) is 1. The van der Waals surface area contributed by atoms with Gasteiger partial charge in [-0.1, -0.05) is 6.92 Å². The predicted octanol–water partition coefficient (Wildman–Crippen LogP) is 1.59. The molecule has 1 saturated heterocycles. The van der Waals surface area contributed by atoms with Gasteiger partial charge in [0.15, 0.2) is 0 Å². The fourth-order valence-corrected chi connectivity index (χ4v) is 2.38. The van der Waals surface area contributed by atoms with E-state index in [1.165, 1.54) is 5.56 Å². The molecule has 0 bridgehead atoms. The number of nitrogens with zero attached hydrogens (tertiary/aromatic N) is 2. The third-order valence-corrected chi connectivity index (χ3v) is 3.42. The van der Waals surface area contributed by atoms with Crippen LogP contribution in [-0.2, 0) is 11.3 Å². The smallest absolute Gasteiger partial charge is 0.0797 e. The highest BCUT2D eigenvalue weighted by Crippen LogP contribution is 2.30. The van der Waals surface area contributed by atoms with Crippen molar-refractivity contribution in [2.24, 2.45) is 5.92 Å². The molecule has 0 radical (unpaired) electrons. The van der Waals surface area contributed by atoms with Crippen LogP contribution in [0.25, 0.3) is 0 Å². The van der Waals surface area contributed by atoms with Crippen molar-refractivity contribution in [3.05, 3.63) is 18.0 Å². The molecule has 0 spiro atoms. The van der Waals surface area contributed by atoms with Crippen molar-refractivity contribution in [1.29, 1.82) is 0 Å². The van der Waals surface area contributed by atoms with Gasteiger partial charge in [0, 0.05) is 24.9 Å². The van der Waals surface area contributed by atoms with E-state index in [9.17, 15) is 0 Å². The third-order valence-electron chi connectivity index (χ3n) is 3.42. The first-order chi connectivity index (χ1) is 7.76. The molecule has 1 aromatic rings. The Labute approximate surface area is 97.0 Å². The SMILES string of the molecule is CCn1cc(C(NC)C2OCCC2C)cn1. The second kappa shape index (κ2) is 4.97. The fourth-order valence-electron chi connectivity index (χ4n) is 2.38. The Balaban J connectivity index is 2.15. The van der Waals surface area contributed by atoms with Crippen LogP contribution in [0.15, 0.2) is 12.4 Å². The van der Waals surface area contributed by atoms with E-state index >= 15 is 0 Å². The molecule has 0 amide bonds. The second-order valence-electron chi connectivity index (χ2n) is 4.50. The molecule has 1 aliphatic heterocycles. The zero-order chi connectivity index (χ0) is 11.5. The quantitative estimate of drug-likeness (QED) is 0.842. The average molecular weight is 223 g/mol. The molecule has 1 fully saturated rings. The predicted molar refractivity (Wildman–Crippen MR) is 63.2 cm³/mol. The van der Waals surface area contributed by atoms with Gasteiger partial charge in [0.1, 0.15) is 0 Å². The van der Waals surface area contributed by atoms with E-state index in [0.717, 1.165) is 19.6 Å². The molecular weight excluding hydrogens is 202 g/mol. The molecule has 2 rings (SSSR count). The van der Waals surface area contributed by atoms with Crippen molar-refractivity contribution in [3.8, 4) is 0 Å². The van der Waals surface area contributed by atoms with Crippen LogP contribution in [-0.4, -0.2) is 29.5 Å². The molecule has 2 heterocycles. The first-order valence-electron chi connectivity index (χ1n) is 6.07. The first-order valence-corrected chi connectivity index (χ1v) is 6.07. The minimum Gasteiger partial charge on any atom is -0.376 e. The summed E-state index contributed by atoms with van der Waals surface area (Å²) >= 11 is 0. The fraction of sp³-hybridized carbons (Fsp3) is 0.750.